The van der Waals surface area contributed by atoms with Crippen molar-refractivity contribution in [3.8, 4) is 0 Å². The summed E-state index contributed by atoms with van der Waals surface area (Å²) in [6.07, 6.45) is 0. The minimum Gasteiger partial charge on any atom is -0.480 e. The first-order valence-electron chi connectivity index (χ1n) is 5.86. The minimum atomic E-state index is -1.13. The van der Waals surface area contributed by atoms with E-state index in [-0.39, 0.29) is 16.3 Å². The summed E-state index contributed by atoms with van der Waals surface area (Å²) >= 11 is 9.99. The number of halogens is 1. The maximum absolute atomic E-state index is 12.3. The predicted octanol–water partition coefficient (Wildman–Crippen LogP) is 2.61. The quantitative estimate of drug-likeness (QED) is 0.761. The number of rotatable bonds is 4. The Hall–Kier alpha value is -1.72. The van der Waals surface area contributed by atoms with Crippen molar-refractivity contribution >= 4 is 46.9 Å². The number of carbonyl (C=O) groups is 2. The molecule has 2 rings (SSSR count). The zero-order valence-corrected chi connectivity index (χ0v) is 12.0. The van der Waals surface area contributed by atoms with Crippen LogP contribution in [0.25, 0.3) is 10.8 Å². The molecule has 0 aliphatic heterocycles. The van der Waals surface area contributed by atoms with Crippen molar-refractivity contribution in [2.24, 2.45) is 0 Å². The molecule has 104 valence electrons. The zero-order valence-electron chi connectivity index (χ0n) is 10.3. The number of amides is 1. The molecule has 0 heterocycles. The summed E-state index contributed by atoms with van der Waals surface area (Å²) < 4.78 is 0. The Balaban J connectivity index is 2.44. The largest absolute Gasteiger partial charge is 0.480 e. The van der Waals surface area contributed by atoms with Gasteiger partial charge < -0.3 is 10.4 Å². The van der Waals surface area contributed by atoms with E-state index >= 15 is 0 Å². The molecule has 0 unspecified atom stereocenters. The van der Waals surface area contributed by atoms with Gasteiger partial charge in [0.15, 0.2) is 0 Å². The molecule has 0 saturated carbocycles. The lowest BCUT2D eigenvalue weighted by Crippen LogP contribution is -2.42. The smallest absolute Gasteiger partial charge is 0.327 e. The highest BCUT2D eigenvalue weighted by molar-refractivity contribution is 7.80. The second kappa shape index (κ2) is 6.15. The standard InChI is InChI=1S/C14H12ClNO3S/c15-10-6-5-8-3-1-2-4-9(8)12(10)13(17)16-11(7-20)14(18)19/h1-6,11,20H,7H2,(H,16,17)(H,18,19)/t11-/m0/s1. The second-order valence-electron chi connectivity index (χ2n) is 4.19. The number of thiol groups is 1. The number of hydrogen-bond donors (Lipinski definition) is 3. The number of carboxylic acid groups (broad SMARTS) is 1. The Morgan fingerprint density at radius 1 is 1.25 bits per heavy atom. The van der Waals surface area contributed by atoms with E-state index in [1.54, 1.807) is 18.2 Å². The molecule has 20 heavy (non-hydrogen) atoms. The van der Waals surface area contributed by atoms with Gasteiger partial charge in [0.25, 0.3) is 5.91 Å². The van der Waals surface area contributed by atoms with Gasteiger partial charge >= 0.3 is 5.97 Å². The van der Waals surface area contributed by atoms with Crippen molar-refractivity contribution in [2.75, 3.05) is 5.75 Å². The number of fused-ring (bicyclic) bond motifs is 1. The first-order chi connectivity index (χ1) is 9.54. The number of nitrogens with one attached hydrogen (secondary N) is 1. The lowest BCUT2D eigenvalue weighted by atomic mass is 10.0. The first kappa shape index (κ1) is 14.7. The maximum atomic E-state index is 12.3. The van der Waals surface area contributed by atoms with Crippen molar-refractivity contribution in [1.29, 1.82) is 0 Å². The molecular weight excluding hydrogens is 298 g/mol. The average Bonchev–Trinajstić information content (AvgIpc) is 2.44. The molecular formula is C14H12ClNO3S. The van der Waals surface area contributed by atoms with Crippen molar-refractivity contribution in [2.45, 2.75) is 6.04 Å². The van der Waals surface area contributed by atoms with Crippen LogP contribution in [0, 0.1) is 0 Å². The van der Waals surface area contributed by atoms with Crippen molar-refractivity contribution in [1.82, 2.24) is 5.32 Å². The van der Waals surface area contributed by atoms with Gasteiger partial charge in [-0.25, -0.2) is 4.79 Å². The summed E-state index contributed by atoms with van der Waals surface area (Å²) in [6, 6.07) is 9.65. The molecule has 0 bridgehead atoms. The SMILES string of the molecule is O=C(N[C@@H](CS)C(=O)O)c1c(Cl)ccc2ccccc12. The van der Waals surface area contributed by atoms with Gasteiger partial charge in [-0.15, -0.1) is 0 Å². The van der Waals surface area contributed by atoms with Gasteiger partial charge in [0.1, 0.15) is 6.04 Å². The number of hydrogen-bond acceptors (Lipinski definition) is 3. The fraction of sp³-hybridized carbons (Fsp3) is 0.143. The van der Waals surface area contributed by atoms with Crippen LogP contribution >= 0.6 is 24.2 Å². The van der Waals surface area contributed by atoms with Crippen molar-refractivity contribution in [3.63, 3.8) is 0 Å². The van der Waals surface area contributed by atoms with E-state index in [1.807, 2.05) is 18.2 Å². The highest BCUT2D eigenvalue weighted by Crippen LogP contribution is 2.26. The van der Waals surface area contributed by atoms with Crippen LogP contribution in [-0.2, 0) is 4.79 Å². The number of benzene rings is 2. The number of carbonyl (C=O) groups excluding carboxylic acids is 1. The second-order valence-corrected chi connectivity index (χ2v) is 4.96. The fourth-order valence-electron chi connectivity index (χ4n) is 1.89. The van der Waals surface area contributed by atoms with Crippen molar-refractivity contribution in [3.05, 3.63) is 47.0 Å². The average molecular weight is 310 g/mol. The van der Waals surface area contributed by atoms with Gasteiger partial charge in [-0.05, 0) is 16.8 Å². The Bertz CT molecular complexity index is 675. The minimum absolute atomic E-state index is 0.00343. The molecule has 0 aromatic heterocycles. The molecule has 2 aromatic rings. The van der Waals surface area contributed by atoms with Crippen LogP contribution < -0.4 is 5.32 Å². The maximum Gasteiger partial charge on any atom is 0.327 e. The number of carboxylic acids is 1. The highest BCUT2D eigenvalue weighted by Gasteiger charge is 2.21. The van der Waals surface area contributed by atoms with E-state index in [4.69, 9.17) is 16.7 Å². The predicted molar refractivity (Wildman–Crippen MR) is 81.7 cm³/mol. The molecule has 0 saturated heterocycles. The van der Waals surface area contributed by atoms with Crippen LogP contribution in [-0.4, -0.2) is 28.8 Å². The summed E-state index contributed by atoms with van der Waals surface area (Å²) in [5.74, 6) is -1.65. The third kappa shape index (κ3) is 2.89. The molecule has 0 aliphatic rings. The van der Waals surface area contributed by atoms with Gasteiger partial charge in [0.05, 0.1) is 10.6 Å². The van der Waals surface area contributed by atoms with Gasteiger partial charge in [-0.2, -0.15) is 12.6 Å². The summed E-state index contributed by atoms with van der Waals surface area (Å²) in [7, 11) is 0. The third-order valence-corrected chi connectivity index (χ3v) is 3.57. The topological polar surface area (TPSA) is 66.4 Å². The van der Waals surface area contributed by atoms with Gasteiger partial charge in [0.2, 0.25) is 0 Å². The van der Waals surface area contributed by atoms with Crippen LogP contribution in [0.15, 0.2) is 36.4 Å². The van der Waals surface area contributed by atoms with Crippen molar-refractivity contribution < 1.29 is 14.7 Å². The molecule has 0 spiro atoms. The van der Waals surface area contributed by atoms with Gasteiger partial charge in [0, 0.05) is 5.75 Å². The monoisotopic (exact) mass is 309 g/mol. The molecule has 1 atom stereocenters. The molecule has 1 amide bonds. The molecule has 2 aromatic carbocycles. The van der Waals surface area contributed by atoms with E-state index in [2.05, 4.69) is 17.9 Å². The van der Waals surface area contributed by atoms with E-state index < -0.39 is 17.9 Å². The van der Waals surface area contributed by atoms with Crippen LogP contribution in [0.2, 0.25) is 5.02 Å². The normalized spacial score (nSPS) is 12.1. The summed E-state index contributed by atoms with van der Waals surface area (Å²) in [4.78, 5) is 23.2. The van der Waals surface area contributed by atoms with Crippen LogP contribution in [0.1, 0.15) is 10.4 Å². The van der Waals surface area contributed by atoms with E-state index in [9.17, 15) is 9.59 Å². The van der Waals surface area contributed by atoms with E-state index in [0.717, 1.165) is 5.39 Å². The third-order valence-electron chi connectivity index (χ3n) is 2.89. The highest BCUT2D eigenvalue weighted by atomic mass is 35.5. The number of aliphatic carboxylic acids is 1. The fourth-order valence-corrected chi connectivity index (χ4v) is 2.39. The van der Waals surface area contributed by atoms with Gasteiger partial charge in [-0.1, -0.05) is 41.9 Å². The van der Waals surface area contributed by atoms with Crippen LogP contribution in [0.3, 0.4) is 0 Å². The zero-order chi connectivity index (χ0) is 14.7. The van der Waals surface area contributed by atoms with Gasteiger partial charge in [-0.3, -0.25) is 4.79 Å². The molecule has 0 aliphatic carbocycles. The molecule has 4 nitrogen and oxygen atoms in total. The summed E-state index contributed by atoms with van der Waals surface area (Å²) in [6.45, 7) is 0. The Morgan fingerprint density at radius 2 is 1.95 bits per heavy atom. The van der Waals surface area contributed by atoms with Crippen LogP contribution in [0.5, 0.6) is 0 Å². The lowest BCUT2D eigenvalue weighted by Gasteiger charge is -2.14. The molecule has 0 radical (unpaired) electrons. The Labute approximate surface area is 126 Å². The molecule has 2 N–H and O–H groups in total. The molecule has 0 fully saturated rings. The molecule has 6 heteroatoms. The summed E-state index contributed by atoms with van der Waals surface area (Å²) in [5, 5.41) is 13.2. The Morgan fingerprint density at radius 3 is 2.60 bits per heavy atom. The van der Waals surface area contributed by atoms with E-state index in [0.29, 0.717) is 5.39 Å². The summed E-state index contributed by atoms with van der Waals surface area (Å²) in [5.41, 5.74) is 0.276. The van der Waals surface area contributed by atoms with E-state index in [1.165, 1.54) is 0 Å². The Kier molecular flexibility index (Phi) is 4.52. The lowest BCUT2D eigenvalue weighted by molar-refractivity contribution is -0.138. The van der Waals surface area contributed by atoms with Crippen LogP contribution in [0.4, 0.5) is 0 Å². The first-order valence-corrected chi connectivity index (χ1v) is 6.87.